The molecule has 10 heteroatoms. The van der Waals surface area contributed by atoms with E-state index in [2.05, 4.69) is 5.32 Å². The maximum absolute atomic E-state index is 14.2. The fraction of sp³-hybridized carbons (Fsp3) is 0.219. The number of hydrogen-bond acceptors (Lipinski definition) is 7. The molecule has 42 heavy (non-hydrogen) atoms. The third kappa shape index (κ3) is 4.95. The van der Waals surface area contributed by atoms with Crippen molar-refractivity contribution < 1.29 is 33.3 Å². The number of nitrogens with one attached hydrogen (secondary N) is 1. The number of aliphatic hydroxyl groups excluding tert-OH is 2. The standard InChI is InChI=1S/C32H27FN2O7/c33-20-11-9-18(10-12-20)17-35(31(39)23-15-19-5-1-3-7-25(19)42-32(23)40)24-16-22(30(38)34-13-14-36)27-21-6-2-4-8-26(21)41-29(27)28(24)37/h1-12,15-16,24,27-29,36-37H,13-14,17H2,(H,34,38). The Bertz CT molecular complexity index is 1750. The molecule has 0 bridgehead atoms. The third-order valence-electron chi connectivity index (χ3n) is 7.64. The zero-order valence-electron chi connectivity index (χ0n) is 22.3. The molecule has 0 saturated heterocycles. The number of rotatable bonds is 7. The van der Waals surface area contributed by atoms with E-state index in [9.17, 15) is 29.0 Å². The van der Waals surface area contributed by atoms with Gasteiger partial charge in [-0.1, -0.05) is 48.5 Å². The van der Waals surface area contributed by atoms with E-state index in [0.717, 1.165) is 0 Å². The van der Waals surface area contributed by atoms with Gasteiger partial charge < -0.3 is 29.6 Å². The number of carbonyl (C=O) groups excluding carboxylic acids is 2. The van der Waals surface area contributed by atoms with Crippen molar-refractivity contribution in [1.82, 2.24) is 10.2 Å². The molecule has 3 N–H and O–H groups in total. The number of benzene rings is 3. The van der Waals surface area contributed by atoms with Crippen LogP contribution in [0.5, 0.6) is 5.75 Å². The second-order valence-corrected chi connectivity index (χ2v) is 10.2. The van der Waals surface area contributed by atoms with E-state index < -0.39 is 47.4 Å². The van der Waals surface area contributed by atoms with Crippen molar-refractivity contribution in [3.05, 3.63) is 123 Å². The summed E-state index contributed by atoms with van der Waals surface area (Å²) in [6.07, 6.45) is -0.730. The van der Waals surface area contributed by atoms with Crippen LogP contribution in [0.25, 0.3) is 11.0 Å². The maximum atomic E-state index is 14.2. The highest BCUT2D eigenvalue weighted by Gasteiger charge is 2.50. The fourth-order valence-electron chi connectivity index (χ4n) is 5.66. The van der Waals surface area contributed by atoms with Gasteiger partial charge in [-0.2, -0.15) is 0 Å². The van der Waals surface area contributed by atoms with Crippen LogP contribution in [0.1, 0.15) is 27.4 Å². The summed E-state index contributed by atoms with van der Waals surface area (Å²) < 4.78 is 25.3. The highest BCUT2D eigenvalue weighted by Crippen LogP contribution is 2.47. The third-order valence-corrected chi connectivity index (χ3v) is 7.64. The molecule has 6 rings (SSSR count). The SMILES string of the molecule is O=C(NCCO)C1=CC(N(Cc2ccc(F)cc2)C(=O)c2cc3ccccc3oc2=O)C(O)C2Oc3ccccc3C12. The molecular formula is C32H27FN2O7. The molecule has 1 aliphatic carbocycles. The Labute approximate surface area is 239 Å². The van der Waals surface area contributed by atoms with Crippen molar-refractivity contribution >= 4 is 22.8 Å². The zero-order valence-corrected chi connectivity index (χ0v) is 22.3. The number of aliphatic hydroxyl groups is 2. The van der Waals surface area contributed by atoms with Gasteiger partial charge in [0, 0.05) is 29.6 Å². The highest BCUT2D eigenvalue weighted by atomic mass is 19.1. The zero-order chi connectivity index (χ0) is 29.4. The fourth-order valence-corrected chi connectivity index (χ4v) is 5.66. The van der Waals surface area contributed by atoms with Crippen LogP contribution in [0.4, 0.5) is 4.39 Å². The second kappa shape index (κ2) is 11.2. The summed E-state index contributed by atoms with van der Waals surface area (Å²) in [5.41, 5.74) is 0.665. The second-order valence-electron chi connectivity index (χ2n) is 10.2. The monoisotopic (exact) mass is 570 g/mol. The molecule has 214 valence electrons. The number of fused-ring (bicyclic) bond motifs is 4. The van der Waals surface area contributed by atoms with Crippen LogP contribution in [0.2, 0.25) is 0 Å². The average molecular weight is 571 g/mol. The first-order valence-corrected chi connectivity index (χ1v) is 13.5. The molecule has 2 amide bonds. The van der Waals surface area contributed by atoms with Gasteiger partial charge in [0.25, 0.3) is 5.91 Å². The number of nitrogens with zero attached hydrogens (tertiary/aromatic N) is 1. The van der Waals surface area contributed by atoms with E-state index >= 15 is 0 Å². The summed E-state index contributed by atoms with van der Waals surface area (Å²) in [6.45, 7) is -0.404. The maximum Gasteiger partial charge on any atom is 0.349 e. The van der Waals surface area contributed by atoms with Crippen molar-refractivity contribution in [1.29, 1.82) is 0 Å². The molecule has 4 aromatic rings. The van der Waals surface area contributed by atoms with Crippen LogP contribution in [-0.2, 0) is 11.3 Å². The van der Waals surface area contributed by atoms with Gasteiger partial charge in [-0.3, -0.25) is 9.59 Å². The smallest absolute Gasteiger partial charge is 0.349 e. The summed E-state index contributed by atoms with van der Waals surface area (Å²) in [7, 11) is 0. The number of amides is 2. The van der Waals surface area contributed by atoms with Crippen LogP contribution in [-0.4, -0.2) is 58.3 Å². The Morgan fingerprint density at radius 1 is 1.00 bits per heavy atom. The molecule has 0 saturated carbocycles. The van der Waals surface area contributed by atoms with E-state index in [4.69, 9.17) is 9.15 Å². The largest absolute Gasteiger partial charge is 0.486 e. The van der Waals surface area contributed by atoms with Gasteiger partial charge in [-0.15, -0.1) is 0 Å². The molecule has 0 radical (unpaired) electrons. The first-order valence-electron chi connectivity index (χ1n) is 13.5. The number of ether oxygens (including phenoxy) is 1. The Morgan fingerprint density at radius 3 is 2.52 bits per heavy atom. The first kappa shape index (κ1) is 27.4. The van der Waals surface area contributed by atoms with E-state index in [0.29, 0.717) is 27.8 Å². The quantitative estimate of drug-likeness (QED) is 0.292. The predicted octanol–water partition coefficient (Wildman–Crippen LogP) is 2.90. The highest BCUT2D eigenvalue weighted by molar-refractivity contribution is 5.98. The minimum atomic E-state index is -1.31. The van der Waals surface area contributed by atoms with Crippen LogP contribution in [0.15, 0.2) is 99.7 Å². The first-order chi connectivity index (χ1) is 20.4. The molecule has 3 aromatic carbocycles. The Morgan fingerprint density at radius 2 is 1.74 bits per heavy atom. The molecule has 9 nitrogen and oxygen atoms in total. The average Bonchev–Trinajstić information content (AvgIpc) is 3.40. The Hall–Kier alpha value is -4.80. The van der Waals surface area contributed by atoms with Gasteiger partial charge in [-0.25, -0.2) is 9.18 Å². The van der Waals surface area contributed by atoms with E-state index in [1.165, 1.54) is 41.3 Å². The van der Waals surface area contributed by atoms with Crippen molar-refractivity contribution in [2.45, 2.75) is 30.7 Å². The Balaban J connectivity index is 1.47. The summed E-state index contributed by atoms with van der Waals surface area (Å²) in [4.78, 5) is 41.8. The minimum absolute atomic E-state index is 0.000353. The topological polar surface area (TPSA) is 129 Å². The molecule has 2 heterocycles. The molecule has 1 aliphatic heterocycles. The van der Waals surface area contributed by atoms with Gasteiger partial charge in [0.1, 0.15) is 34.9 Å². The number of hydrogen-bond donors (Lipinski definition) is 3. The van der Waals surface area contributed by atoms with Crippen molar-refractivity contribution in [2.24, 2.45) is 0 Å². The molecule has 2 aliphatic rings. The Kier molecular flexibility index (Phi) is 7.32. The predicted molar refractivity (Wildman–Crippen MR) is 150 cm³/mol. The molecule has 0 fully saturated rings. The van der Waals surface area contributed by atoms with Gasteiger partial charge in [0.05, 0.1) is 18.6 Å². The molecule has 4 atom stereocenters. The van der Waals surface area contributed by atoms with Crippen LogP contribution in [0, 0.1) is 5.82 Å². The van der Waals surface area contributed by atoms with Gasteiger partial charge >= 0.3 is 5.63 Å². The molecule has 4 unspecified atom stereocenters. The van der Waals surface area contributed by atoms with Gasteiger partial charge in [-0.05, 0) is 42.0 Å². The summed E-state index contributed by atoms with van der Waals surface area (Å²) in [5, 5.41) is 24.2. The van der Waals surface area contributed by atoms with Crippen molar-refractivity contribution in [2.75, 3.05) is 13.2 Å². The molecule has 1 aromatic heterocycles. The summed E-state index contributed by atoms with van der Waals surface area (Å²) >= 11 is 0. The molecule has 0 spiro atoms. The van der Waals surface area contributed by atoms with E-state index in [1.54, 1.807) is 42.5 Å². The van der Waals surface area contributed by atoms with E-state index in [1.807, 2.05) is 6.07 Å². The lowest BCUT2D eigenvalue weighted by Gasteiger charge is -2.40. The molecular weight excluding hydrogens is 543 g/mol. The summed E-state index contributed by atoms with van der Waals surface area (Å²) in [6, 6.07) is 19.7. The van der Waals surface area contributed by atoms with Gasteiger partial charge in [0.15, 0.2) is 0 Å². The lowest BCUT2D eigenvalue weighted by molar-refractivity contribution is -0.118. The lowest BCUT2D eigenvalue weighted by Crippen LogP contribution is -2.55. The lowest BCUT2D eigenvalue weighted by atomic mass is 9.77. The van der Waals surface area contributed by atoms with E-state index in [-0.39, 0.29) is 30.8 Å². The van der Waals surface area contributed by atoms with Crippen LogP contribution >= 0.6 is 0 Å². The number of carbonyl (C=O) groups is 2. The van der Waals surface area contributed by atoms with Crippen molar-refractivity contribution in [3.63, 3.8) is 0 Å². The normalized spacial score (nSPS) is 20.7. The minimum Gasteiger partial charge on any atom is -0.486 e. The number of halogens is 1. The van der Waals surface area contributed by atoms with Crippen molar-refractivity contribution in [3.8, 4) is 5.75 Å². The van der Waals surface area contributed by atoms with Gasteiger partial charge in [0.2, 0.25) is 5.91 Å². The summed E-state index contributed by atoms with van der Waals surface area (Å²) in [5.74, 6) is -1.84. The number of para-hydroxylation sites is 2. The van der Waals surface area contributed by atoms with Crippen LogP contribution < -0.4 is 15.7 Å². The van der Waals surface area contributed by atoms with Crippen LogP contribution in [0.3, 0.4) is 0 Å².